The summed E-state index contributed by atoms with van der Waals surface area (Å²) in [6.07, 6.45) is 12.9. The highest BCUT2D eigenvalue weighted by atomic mass is 35.5. The normalized spacial score (nSPS) is 41.3. The number of likely N-dealkylation sites (tertiary alicyclic amines) is 1. The Labute approximate surface area is 175 Å². The Balaban J connectivity index is 1.34. The molecule has 152 valence electrons. The molecule has 0 radical (unpaired) electrons. The molecule has 2 bridgehead atoms. The lowest BCUT2D eigenvalue weighted by molar-refractivity contribution is -0.0343. The van der Waals surface area contributed by atoms with Crippen LogP contribution in [0.4, 0.5) is 0 Å². The molecule has 5 aliphatic rings. The maximum absolute atomic E-state index is 6.67. The van der Waals surface area contributed by atoms with E-state index in [1.165, 1.54) is 41.7 Å². The zero-order valence-electron chi connectivity index (χ0n) is 17.9. The fraction of sp³-hybridized carbons (Fsp3) is 0.680. The van der Waals surface area contributed by atoms with Crippen molar-refractivity contribution in [1.29, 1.82) is 0 Å². The van der Waals surface area contributed by atoms with Crippen LogP contribution in [0.1, 0.15) is 72.6 Å². The molecule has 1 N–H and O–H groups in total. The van der Waals surface area contributed by atoms with Crippen molar-refractivity contribution < 1.29 is 0 Å². The summed E-state index contributed by atoms with van der Waals surface area (Å²) in [6.45, 7) is 14.0. The van der Waals surface area contributed by atoms with Gasteiger partial charge in [0.25, 0.3) is 0 Å². The third-order valence-electron chi connectivity index (χ3n) is 8.44. The van der Waals surface area contributed by atoms with Gasteiger partial charge in [0.1, 0.15) is 0 Å². The lowest BCUT2D eigenvalue weighted by Gasteiger charge is -2.57. The SMILES string of the molecule is C=C(CC(C)C1=CNC2(C)CC=C(Cl)C(CCC)=C12)N1C2CC3(C)CC2C1C3. The Kier molecular flexibility index (Phi) is 4.16. The van der Waals surface area contributed by atoms with E-state index in [4.69, 9.17) is 11.6 Å². The molecule has 2 aliphatic heterocycles. The molecule has 0 aromatic rings. The van der Waals surface area contributed by atoms with Crippen molar-refractivity contribution in [2.75, 3.05) is 0 Å². The van der Waals surface area contributed by atoms with E-state index >= 15 is 0 Å². The summed E-state index contributed by atoms with van der Waals surface area (Å²) in [5, 5.41) is 4.67. The maximum atomic E-state index is 6.67. The number of hydrogen-bond donors (Lipinski definition) is 1. The van der Waals surface area contributed by atoms with Crippen LogP contribution in [-0.4, -0.2) is 22.5 Å². The van der Waals surface area contributed by atoms with Crippen LogP contribution in [0, 0.1) is 17.3 Å². The third-order valence-corrected chi connectivity index (χ3v) is 8.82. The third kappa shape index (κ3) is 2.52. The first kappa shape index (κ1) is 18.9. The average Bonchev–Trinajstić information content (AvgIpc) is 3.23. The lowest BCUT2D eigenvalue weighted by atomic mass is 9.72. The molecule has 4 atom stereocenters. The van der Waals surface area contributed by atoms with E-state index in [1.54, 1.807) is 0 Å². The summed E-state index contributed by atoms with van der Waals surface area (Å²) < 4.78 is 0. The quantitative estimate of drug-likeness (QED) is 0.567. The van der Waals surface area contributed by atoms with Gasteiger partial charge in [-0.1, -0.05) is 51.4 Å². The number of piperidine rings is 1. The molecule has 2 nitrogen and oxygen atoms in total. The van der Waals surface area contributed by atoms with Gasteiger partial charge >= 0.3 is 0 Å². The summed E-state index contributed by atoms with van der Waals surface area (Å²) in [4.78, 5) is 2.70. The highest BCUT2D eigenvalue weighted by Crippen LogP contribution is 2.64. The van der Waals surface area contributed by atoms with Gasteiger partial charge in [-0.3, -0.25) is 0 Å². The number of rotatable bonds is 6. The van der Waals surface area contributed by atoms with Gasteiger partial charge in [0, 0.05) is 34.9 Å². The standard InChI is InChI=1S/C25H35ClN2/c1-6-7-17-20(26)8-9-25(5)23(17)19(14-27-25)15(2)10-16(3)28-21-12-24(4)11-18(21)22(28)13-24/h8,14-15,18,21-22,27H,3,6-7,9-13H2,1-2,4-5H3. The summed E-state index contributed by atoms with van der Waals surface area (Å²) >= 11 is 6.67. The molecule has 3 heteroatoms. The van der Waals surface area contributed by atoms with Crippen molar-refractivity contribution >= 4 is 11.6 Å². The lowest BCUT2D eigenvalue weighted by Crippen LogP contribution is -2.62. The summed E-state index contributed by atoms with van der Waals surface area (Å²) in [7, 11) is 0. The molecule has 0 amide bonds. The van der Waals surface area contributed by atoms with Crippen molar-refractivity contribution in [3.05, 3.63) is 46.3 Å². The van der Waals surface area contributed by atoms with E-state index in [-0.39, 0.29) is 5.54 Å². The molecule has 0 aromatic carbocycles. The first-order valence-electron chi connectivity index (χ1n) is 11.3. The van der Waals surface area contributed by atoms with Gasteiger partial charge in [0.05, 0.1) is 5.54 Å². The van der Waals surface area contributed by atoms with Gasteiger partial charge in [-0.25, -0.2) is 0 Å². The van der Waals surface area contributed by atoms with E-state index < -0.39 is 0 Å². The molecule has 4 unspecified atom stereocenters. The second-order valence-corrected chi connectivity index (χ2v) is 11.1. The van der Waals surface area contributed by atoms with Gasteiger partial charge in [-0.05, 0) is 73.5 Å². The minimum absolute atomic E-state index is 0.0108. The Bertz CT molecular complexity index is 804. The summed E-state index contributed by atoms with van der Waals surface area (Å²) in [5.41, 5.74) is 6.30. The fourth-order valence-corrected chi connectivity index (χ4v) is 7.51. The minimum atomic E-state index is 0.0108. The van der Waals surface area contributed by atoms with Crippen LogP contribution in [0.5, 0.6) is 0 Å². The molecular weight excluding hydrogens is 364 g/mol. The van der Waals surface area contributed by atoms with Crippen LogP contribution < -0.4 is 5.32 Å². The number of halogens is 1. The number of nitrogens with one attached hydrogen (secondary N) is 1. The Morgan fingerprint density at radius 2 is 2.04 bits per heavy atom. The van der Waals surface area contributed by atoms with Crippen LogP contribution in [0.2, 0.25) is 0 Å². The monoisotopic (exact) mass is 398 g/mol. The first-order chi connectivity index (χ1) is 13.3. The fourth-order valence-electron chi connectivity index (χ4n) is 7.24. The number of fused-ring (bicyclic) bond motifs is 2. The van der Waals surface area contributed by atoms with Crippen molar-refractivity contribution in [3.63, 3.8) is 0 Å². The number of nitrogens with zero attached hydrogens (tertiary/aromatic N) is 1. The highest BCUT2D eigenvalue weighted by Gasteiger charge is 2.64. The van der Waals surface area contributed by atoms with Crippen molar-refractivity contribution in [3.8, 4) is 0 Å². The van der Waals surface area contributed by atoms with Crippen molar-refractivity contribution in [2.45, 2.75) is 90.3 Å². The van der Waals surface area contributed by atoms with E-state index in [9.17, 15) is 0 Å². The smallest absolute Gasteiger partial charge is 0.0633 e. The van der Waals surface area contributed by atoms with Crippen LogP contribution >= 0.6 is 11.6 Å². The van der Waals surface area contributed by atoms with E-state index in [1.807, 2.05) is 0 Å². The van der Waals surface area contributed by atoms with E-state index in [2.05, 4.69) is 56.8 Å². The molecule has 2 saturated carbocycles. The largest absolute Gasteiger partial charge is 0.381 e. The van der Waals surface area contributed by atoms with Crippen LogP contribution in [0.25, 0.3) is 0 Å². The minimum Gasteiger partial charge on any atom is -0.381 e. The molecular formula is C25H35ClN2. The van der Waals surface area contributed by atoms with E-state index in [0.717, 1.165) is 48.7 Å². The summed E-state index contributed by atoms with van der Waals surface area (Å²) in [5.74, 6) is 1.42. The molecule has 1 saturated heterocycles. The molecule has 3 fully saturated rings. The molecule has 2 heterocycles. The first-order valence-corrected chi connectivity index (χ1v) is 11.7. The Hall–Kier alpha value is -1.15. The molecule has 0 aromatic heterocycles. The van der Waals surface area contributed by atoms with Gasteiger partial charge < -0.3 is 10.2 Å². The number of hydrogen-bond acceptors (Lipinski definition) is 2. The van der Waals surface area contributed by atoms with Gasteiger partial charge in [-0.2, -0.15) is 0 Å². The molecule has 3 aliphatic carbocycles. The molecule has 0 spiro atoms. The van der Waals surface area contributed by atoms with Gasteiger partial charge in [-0.15, -0.1) is 0 Å². The zero-order valence-corrected chi connectivity index (χ0v) is 18.7. The van der Waals surface area contributed by atoms with Crippen LogP contribution in [0.3, 0.4) is 0 Å². The van der Waals surface area contributed by atoms with Gasteiger partial charge in [0.2, 0.25) is 0 Å². The molecule has 5 rings (SSSR count). The Morgan fingerprint density at radius 1 is 1.32 bits per heavy atom. The van der Waals surface area contributed by atoms with Crippen LogP contribution in [0.15, 0.2) is 46.3 Å². The maximum Gasteiger partial charge on any atom is 0.0633 e. The second-order valence-electron chi connectivity index (χ2n) is 10.7. The predicted octanol–water partition coefficient (Wildman–Crippen LogP) is 6.27. The average molecular weight is 399 g/mol. The Morgan fingerprint density at radius 3 is 2.64 bits per heavy atom. The molecule has 28 heavy (non-hydrogen) atoms. The second kappa shape index (κ2) is 6.17. The van der Waals surface area contributed by atoms with E-state index in [0.29, 0.717) is 11.3 Å². The van der Waals surface area contributed by atoms with Crippen molar-refractivity contribution in [1.82, 2.24) is 10.2 Å². The van der Waals surface area contributed by atoms with Crippen LogP contribution in [-0.2, 0) is 0 Å². The highest BCUT2D eigenvalue weighted by molar-refractivity contribution is 6.32. The summed E-state index contributed by atoms with van der Waals surface area (Å²) in [6, 6.07) is 1.57. The topological polar surface area (TPSA) is 15.3 Å². The van der Waals surface area contributed by atoms with Crippen molar-refractivity contribution in [2.24, 2.45) is 17.3 Å². The number of allylic oxidation sites excluding steroid dienone is 3. The van der Waals surface area contributed by atoms with Gasteiger partial charge in [0.15, 0.2) is 0 Å². The predicted molar refractivity (Wildman–Crippen MR) is 118 cm³/mol. The zero-order chi connectivity index (χ0) is 19.8.